The standard InChI is InChI=1S/C15H11BrINO2S/c1-10-5-7-11(8-6-10)21(19,20)18-9-12(16)15-13(17)3-2-4-14(15)18/h2-9H,1H3. The van der Waals surface area contributed by atoms with Crippen molar-refractivity contribution in [2.24, 2.45) is 0 Å². The van der Waals surface area contributed by atoms with Crippen LogP contribution in [0.3, 0.4) is 0 Å². The monoisotopic (exact) mass is 475 g/mol. The topological polar surface area (TPSA) is 39.1 Å². The summed E-state index contributed by atoms with van der Waals surface area (Å²) in [5, 5.41) is 0.911. The quantitative estimate of drug-likeness (QED) is 0.510. The Bertz CT molecular complexity index is 930. The van der Waals surface area contributed by atoms with Gasteiger partial charge in [-0.25, -0.2) is 12.4 Å². The number of rotatable bonds is 2. The highest BCUT2D eigenvalue weighted by atomic mass is 127. The first-order chi connectivity index (χ1) is 9.91. The first-order valence-electron chi connectivity index (χ1n) is 6.18. The van der Waals surface area contributed by atoms with Gasteiger partial charge in [0.25, 0.3) is 10.0 Å². The highest BCUT2D eigenvalue weighted by Crippen LogP contribution is 2.32. The smallest absolute Gasteiger partial charge is 0.240 e. The third-order valence-corrected chi connectivity index (χ3v) is 6.46. The molecule has 0 aliphatic rings. The lowest BCUT2D eigenvalue weighted by molar-refractivity contribution is 0.589. The zero-order valence-electron chi connectivity index (χ0n) is 11.0. The molecule has 0 saturated heterocycles. The number of hydrogen-bond donors (Lipinski definition) is 0. The number of benzene rings is 2. The zero-order valence-corrected chi connectivity index (χ0v) is 15.6. The van der Waals surface area contributed by atoms with Crippen LogP contribution < -0.4 is 0 Å². The molecule has 0 saturated carbocycles. The van der Waals surface area contributed by atoms with Crippen LogP contribution >= 0.6 is 38.5 Å². The maximum absolute atomic E-state index is 12.8. The first kappa shape index (κ1) is 15.1. The molecule has 0 spiro atoms. The second kappa shape index (κ2) is 5.40. The van der Waals surface area contributed by atoms with Crippen LogP contribution in [-0.4, -0.2) is 12.4 Å². The van der Waals surface area contributed by atoms with Crippen molar-refractivity contribution >= 4 is 59.4 Å². The minimum Gasteiger partial charge on any atom is -0.240 e. The molecule has 0 atom stereocenters. The van der Waals surface area contributed by atoms with Gasteiger partial charge in [0.2, 0.25) is 0 Å². The van der Waals surface area contributed by atoms with Gasteiger partial charge in [-0.05, 0) is 69.7 Å². The molecule has 1 heterocycles. The Morgan fingerprint density at radius 1 is 1.10 bits per heavy atom. The Morgan fingerprint density at radius 2 is 1.76 bits per heavy atom. The van der Waals surface area contributed by atoms with Gasteiger partial charge in [-0.1, -0.05) is 23.8 Å². The largest absolute Gasteiger partial charge is 0.268 e. The van der Waals surface area contributed by atoms with Crippen molar-refractivity contribution in [3.63, 3.8) is 0 Å². The number of aromatic nitrogens is 1. The Kier molecular flexibility index (Phi) is 3.87. The highest BCUT2D eigenvalue weighted by molar-refractivity contribution is 14.1. The fraction of sp³-hybridized carbons (Fsp3) is 0.0667. The summed E-state index contributed by atoms with van der Waals surface area (Å²) in [5.74, 6) is 0. The lowest BCUT2D eigenvalue weighted by Crippen LogP contribution is -2.11. The van der Waals surface area contributed by atoms with E-state index in [9.17, 15) is 8.42 Å². The summed E-state index contributed by atoms with van der Waals surface area (Å²) >= 11 is 5.66. The Morgan fingerprint density at radius 3 is 2.43 bits per heavy atom. The normalized spacial score (nSPS) is 12.0. The van der Waals surface area contributed by atoms with E-state index >= 15 is 0 Å². The van der Waals surface area contributed by atoms with Crippen LogP contribution in [-0.2, 0) is 10.0 Å². The van der Waals surface area contributed by atoms with E-state index in [0.717, 1.165) is 19.0 Å². The van der Waals surface area contributed by atoms with E-state index in [2.05, 4.69) is 38.5 Å². The van der Waals surface area contributed by atoms with Gasteiger partial charge in [-0.2, -0.15) is 0 Å². The number of fused-ring (bicyclic) bond motifs is 1. The number of aryl methyl sites for hydroxylation is 1. The van der Waals surface area contributed by atoms with Crippen LogP contribution in [0.4, 0.5) is 0 Å². The molecule has 0 fully saturated rings. The molecule has 0 unspecified atom stereocenters. The van der Waals surface area contributed by atoms with Crippen LogP contribution in [0.2, 0.25) is 0 Å². The molecule has 0 amide bonds. The fourth-order valence-corrected chi connectivity index (χ4v) is 5.46. The van der Waals surface area contributed by atoms with E-state index in [1.807, 2.05) is 25.1 Å². The van der Waals surface area contributed by atoms with Crippen LogP contribution in [0.25, 0.3) is 10.9 Å². The van der Waals surface area contributed by atoms with Crippen LogP contribution in [0.5, 0.6) is 0 Å². The summed E-state index contributed by atoms with van der Waals surface area (Å²) in [4.78, 5) is 0.288. The summed E-state index contributed by atoms with van der Waals surface area (Å²) in [6.45, 7) is 1.93. The summed E-state index contributed by atoms with van der Waals surface area (Å²) in [7, 11) is -3.59. The first-order valence-corrected chi connectivity index (χ1v) is 9.50. The molecular formula is C15H11BrINO2S. The molecule has 0 aliphatic carbocycles. The van der Waals surface area contributed by atoms with Crippen LogP contribution in [0, 0.1) is 10.5 Å². The Balaban J connectivity index is 2.29. The molecule has 0 aliphatic heterocycles. The number of halogens is 2. The maximum atomic E-state index is 12.8. The minimum atomic E-state index is -3.59. The van der Waals surface area contributed by atoms with Crippen molar-refractivity contribution in [1.82, 2.24) is 3.97 Å². The van der Waals surface area contributed by atoms with Gasteiger partial charge in [0.15, 0.2) is 0 Å². The molecule has 2 aromatic carbocycles. The maximum Gasteiger partial charge on any atom is 0.268 e. The van der Waals surface area contributed by atoms with Crippen molar-refractivity contribution < 1.29 is 8.42 Å². The lowest BCUT2D eigenvalue weighted by Gasteiger charge is -2.08. The second-order valence-corrected chi connectivity index (χ2v) is 8.56. The van der Waals surface area contributed by atoms with Crippen LogP contribution in [0.1, 0.15) is 5.56 Å². The summed E-state index contributed by atoms with van der Waals surface area (Å²) < 4.78 is 28.8. The summed E-state index contributed by atoms with van der Waals surface area (Å²) in [5.41, 5.74) is 1.70. The predicted octanol–water partition coefficient (Wildman–Crippen LogP) is 4.55. The third-order valence-electron chi connectivity index (χ3n) is 3.28. The highest BCUT2D eigenvalue weighted by Gasteiger charge is 2.21. The number of hydrogen-bond acceptors (Lipinski definition) is 2. The van der Waals surface area contributed by atoms with Gasteiger partial charge in [0.1, 0.15) is 0 Å². The minimum absolute atomic E-state index is 0.288. The van der Waals surface area contributed by atoms with E-state index in [1.165, 1.54) is 3.97 Å². The summed E-state index contributed by atoms with van der Waals surface area (Å²) in [6.07, 6.45) is 1.61. The van der Waals surface area contributed by atoms with Gasteiger partial charge < -0.3 is 0 Å². The SMILES string of the molecule is Cc1ccc(S(=O)(=O)n2cc(Br)c3c(I)cccc32)cc1. The molecular weight excluding hydrogens is 465 g/mol. The molecule has 1 aromatic heterocycles. The second-order valence-electron chi connectivity index (χ2n) is 4.72. The fourth-order valence-electron chi connectivity index (χ4n) is 2.19. The zero-order chi connectivity index (χ0) is 15.2. The molecule has 108 valence electrons. The molecule has 6 heteroatoms. The van der Waals surface area contributed by atoms with Gasteiger partial charge in [0, 0.05) is 19.6 Å². The van der Waals surface area contributed by atoms with Crippen molar-refractivity contribution in [2.75, 3.05) is 0 Å². The molecule has 0 radical (unpaired) electrons. The predicted molar refractivity (Wildman–Crippen MR) is 96.1 cm³/mol. The number of nitrogens with zero attached hydrogens (tertiary/aromatic N) is 1. The summed E-state index contributed by atoms with van der Waals surface area (Å²) in [6, 6.07) is 12.5. The van der Waals surface area contributed by atoms with E-state index in [4.69, 9.17) is 0 Å². The van der Waals surface area contributed by atoms with E-state index in [0.29, 0.717) is 5.52 Å². The third kappa shape index (κ3) is 2.53. The van der Waals surface area contributed by atoms with Crippen LogP contribution in [0.15, 0.2) is 58.0 Å². The van der Waals surface area contributed by atoms with Gasteiger partial charge in [-0.3, -0.25) is 0 Å². The Labute approximate surface area is 145 Å². The molecule has 3 rings (SSSR count). The molecule has 0 bridgehead atoms. The van der Waals surface area contributed by atoms with Gasteiger partial charge in [-0.15, -0.1) is 0 Å². The lowest BCUT2D eigenvalue weighted by atomic mass is 10.2. The van der Waals surface area contributed by atoms with E-state index in [1.54, 1.807) is 30.5 Å². The average molecular weight is 476 g/mol. The van der Waals surface area contributed by atoms with Crippen molar-refractivity contribution in [3.05, 3.63) is 62.3 Å². The van der Waals surface area contributed by atoms with E-state index < -0.39 is 10.0 Å². The average Bonchev–Trinajstić information content (AvgIpc) is 2.79. The van der Waals surface area contributed by atoms with Gasteiger partial charge in [0.05, 0.1) is 10.4 Å². The molecule has 21 heavy (non-hydrogen) atoms. The van der Waals surface area contributed by atoms with Gasteiger partial charge >= 0.3 is 0 Å². The Hall–Kier alpha value is -0.860. The van der Waals surface area contributed by atoms with Crippen molar-refractivity contribution in [1.29, 1.82) is 0 Å². The molecule has 0 N–H and O–H groups in total. The van der Waals surface area contributed by atoms with Crippen molar-refractivity contribution in [2.45, 2.75) is 11.8 Å². The molecule has 3 aromatic rings. The molecule has 3 nitrogen and oxygen atoms in total. The van der Waals surface area contributed by atoms with Crippen molar-refractivity contribution in [3.8, 4) is 0 Å². The van der Waals surface area contributed by atoms with E-state index in [-0.39, 0.29) is 4.90 Å².